The third-order valence-corrected chi connectivity index (χ3v) is 5.11. The lowest BCUT2D eigenvalue weighted by Gasteiger charge is -2.22. The van der Waals surface area contributed by atoms with Crippen LogP contribution in [0.15, 0.2) is 77.8 Å². The summed E-state index contributed by atoms with van der Waals surface area (Å²) < 4.78 is 0. The number of hydrogen-bond donors (Lipinski definition) is 1. The molecule has 1 aliphatic heterocycles. The maximum atomic E-state index is 13.1. The van der Waals surface area contributed by atoms with Gasteiger partial charge in [-0.2, -0.15) is 0 Å². The highest BCUT2D eigenvalue weighted by molar-refractivity contribution is 6.30. The highest BCUT2D eigenvalue weighted by Gasteiger charge is 2.26. The Labute approximate surface area is 180 Å². The van der Waals surface area contributed by atoms with Crippen molar-refractivity contribution in [3.8, 4) is 0 Å². The second kappa shape index (κ2) is 8.51. The van der Waals surface area contributed by atoms with Crippen LogP contribution in [0.4, 0.5) is 17.1 Å². The quantitative estimate of drug-likeness (QED) is 0.638. The first-order valence-corrected chi connectivity index (χ1v) is 9.97. The first-order valence-electron chi connectivity index (χ1n) is 9.59. The zero-order valence-electron chi connectivity index (χ0n) is 16.4. The molecule has 30 heavy (non-hydrogen) atoms. The van der Waals surface area contributed by atoms with Crippen molar-refractivity contribution in [1.29, 1.82) is 0 Å². The summed E-state index contributed by atoms with van der Waals surface area (Å²) in [5, 5.41) is 3.40. The van der Waals surface area contributed by atoms with Gasteiger partial charge in [-0.1, -0.05) is 53.6 Å². The number of hydrogen-bond acceptors (Lipinski definition) is 3. The average molecular weight is 418 g/mol. The molecule has 2 amide bonds. The van der Waals surface area contributed by atoms with E-state index >= 15 is 0 Å². The minimum Gasteiger partial charge on any atom is -0.325 e. The number of amides is 2. The van der Waals surface area contributed by atoms with Crippen molar-refractivity contribution < 1.29 is 9.59 Å². The molecule has 0 spiro atoms. The third kappa shape index (κ3) is 4.42. The van der Waals surface area contributed by atoms with E-state index in [1.165, 1.54) is 4.90 Å². The zero-order chi connectivity index (χ0) is 21.1. The van der Waals surface area contributed by atoms with Crippen molar-refractivity contribution in [3.63, 3.8) is 0 Å². The van der Waals surface area contributed by atoms with Gasteiger partial charge in [0, 0.05) is 10.7 Å². The van der Waals surface area contributed by atoms with Crippen molar-refractivity contribution in [3.05, 3.63) is 88.9 Å². The lowest BCUT2D eigenvalue weighted by molar-refractivity contribution is -0.120. The van der Waals surface area contributed by atoms with Gasteiger partial charge in [0.1, 0.15) is 6.54 Å². The number of carbonyl (C=O) groups excluding carboxylic acids is 2. The minimum absolute atomic E-state index is 0.102. The van der Waals surface area contributed by atoms with Crippen molar-refractivity contribution >= 4 is 46.2 Å². The summed E-state index contributed by atoms with van der Waals surface area (Å²) >= 11 is 5.89. The van der Waals surface area contributed by atoms with Crippen LogP contribution in [-0.2, 0) is 9.59 Å². The summed E-state index contributed by atoms with van der Waals surface area (Å²) in [6.07, 6.45) is 0.117. The number of rotatable bonds is 4. The normalized spacial score (nSPS) is 13.3. The fourth-order valence-corrected chi connectivity index (χ4v) is 3.43. The van der Waals surface area contributed by atoms with Gasteiger partial charge in [0.15, 0.2) is 0 Å². The number of carbonyl (C=O) groups is 2. The van der Waals surface area contributed by atoms with Gasteiger partial charge >= 0.3 is 0 Å². The molecule has 4 rings (SSSR count). The predicted octanol–water partition coefficient (Wildman–Crippen LogP) is 5.14. The number of fused-ring (bicyclic) bond motifs is 1. The Bertz CT molecular complexity index is 1120. The molecule has 150 valence electrons. The molecule has 0 saturated carbocycles. The van der Waals surface area contributed by atoms with E-state index in [0.717, 1.165) is 11.1 Å². The number of aliphatic imine (C=N–C) groups is 1. The summed E-state index contributed by atoms with van der Waals surface area (Å²) in [5.74, 6) is -0.468. The highest BCUT2D eigenvalue weighted by Crippen LogP contribution is 2.33. The van der Waals surface area contributed by atoms with E-state index in [2.05, 4.69) is 5.32 Å². The van der Waals surface area contributed by atoms with E-state index in [1.807, 2.05) is 55.5 Å². The number of nitrogens with zero attached hydrogens (tertiary/aromatic N) is 2. The Morgan fingerprint density at radius 1 is 1.03 bits per heavy atom. The largest absolute Gasteiger partial charge is 0.325 e. The topological polar surface area (TPSA) is 61.8 Å². The van der Waals surface area contributed by atoms with E-state index in [1.54, 1.807) is 24.3 Å². The van der Waals surface area contributed by atoms with Crippen LogP contribution in [0, 0.1) is 6.92 Å². The Balaban J connectivity index is 1.60. The first-order chi connectivity index (χ1) is 14.5. The molecule has 0 aromatic heterocycles. The lowest BCUT2D eigenvalue weighted by atomic mass is 10.1. The van der Waals surface area contributed by atoms with Crippen LogP contribution in [0.2, 0.25) is 5.02 Å². The van der Waals surface area contributed by atoms with Gasteiger partial charge in [0.05, 0.1) is 23.5 Å². The van der Waals surface area contributed by atoms with E-state index < -0.39 is 0 Å². The molecule has 1 aliphatic rings. The number of para-hydroxylation sites is 2. The number of benzene rings is 3. The minimum atomic E-state index is -0.292. The molecule has 0 fully saturated rings. The Hall–Kier alpha value is -3.44. The molecule has 0 radical (unpaired) electrons. The SMILES string of the molecule is Cc1ccc(C2=Nc3ccccc3N(CC(=O)Nc3ccc(Cl)cc3)C(=O)C2)cc1. The molecular formula is C24H20ClN3O2. The molecule has 0 atom stereocenters. The highest BCUT2D eigenvalue weighted by atomic mass is 35.5. The van der Waals surface area contributed by atoms with Crippen LogP contribution in [0.1, 0.15) is 17.5 Å². The molecule has 3 aromatic rings. The maximum absolute atomic E-state index is 13.1. The number of anilines is 2. The number of halogens is 1. The van der Waals surface area contributed by atoms with Gasteiger partial charge in [-0.25, -0.2) is 0 Å². The molecule has 3 aromatic carbocycles. The van der Waals surface area contributed by atoms with Crippen molar-refractivity contribution in [2.75, 3.05) is 16.8 Å². The molecule has 0 unspecified atom stereocenters. The van der Waals surface area contributed by atoms with Gasteiger partial charge in [-0.15, -0.1) is 0 Å². The fraction of sp³-hybridized carbons (Fsp3) is 0.125. The lowest BCUT2D eigenvalue weighted by Crippen LogP contribution is -2.38. The Kier molecular flexibility index (Phi) is 5.63. The van der Waals surface area contributed by atoms with Gasteiger partial charge in [-0.3, -0.25) is 14.6 Å². The van der Waals surface area contributed by atoms with Crippen molar-refractivity contribution in [2.45, 2.75) is 13.3 Å². The summed E-state index contributed by atoms with van der Waals surface area (Å²) in [5.41, 5.74) is 4.63. The molecule has 1 N–H and O–H groups in total. The molecule has 0 aliphatic carbocycles. The average Bonchev–Trinajstić information content (AvgIpc) is 2.87. The second-order valence-corrected chi connectivity index (χ2v) is 7.56. The smallest absolute Gasteiger partial charge is 0.244 e. The molecule has 0 saturated heterocycles. The monoisotopic (exact) mass is 417 g/mol. The molecule has 0 bridgehead atoms. The zero-order valence-corrected chi connectivity index (χ0v) is 17.2. The van der Waals surface area contributed by atoms with E-state index in [9.17, 15) is 9.59 Å². The van der Waals surface area contributed by atoms with Gasteiger partial charge < -0.3 is 10.2 Å². The van der Waals surface area contributed by atoms with Crippen LogP contribution >= 0.6 is 11.6 Å². The van der Waals surface area contributed by atoms with Crippen LogP contribution in [0.3, 0.4) is 0 Å². The van der Waals surface area contributed by atoms with Crippen LogP contribution in [0.25, 0.3) is 0 Å². The second-order valence-electron chi connectivity index (χ2n) is 7.12. The first kappa shape index (κ1) is 19.9. The van der Waals surface area contributed by atoms with E-state index in [0.29, 0.717) is 27.8 Å². The third-order valence-electron chi connectivity index (χ3n) is 4.86. The summed E-state index contributed by atoms with van der Waals surface area (Å²) in [6.45, 7) is 1.91. The van der Waals surface area contributed by atoms with Gasteiger partial charge in [0.2, 0.25) is 11.8 Å². The molecular weight excluding hydrogens is 398 g/mol. The van der Waals surface area contributed by atoms with Crippen molar-refractivity contribution in [2.24, 2.45) is 4.99 Å². The van der Waals surface area contributed by atoms with Gasteiger partial charge in [0.25, 0.3) is 0 Å². The van der Waals surface area contributed by atoms with Crippen LogP contribution in [0.5, 0.6) is 0 Å². The van der Waals surface area contributed by atoms with Crippen LogP contribution < -0.4 is 10.2 Å². The predicted molar refractivity (Wildman–Crippen MR) is 121 cm³/mol. The summed E-state index contributed by atoms with van der Waals surface area (Å²) in [4.78, 5) is 32.0. The van der Waals surface area contributed by atoms with E-state index in [-0.39, 0.29) is 24.8 Å². The maximum Gasteiger partial charge on any atom is 0.244 e. The number of aryl methyl sites for hydroxylation is 1. The van der Waals surface area contributed by atoms with Crippen LogP contribution in [-0.4, -0.2) is 24.1 Å². The molecule has 6 heteroatoms. The Morgan fingerprint density at radius 2 is 1.73 bits per heavy atom. The van der Waals surface area contributed by atoms with E-state index in [4.69, 9.17) is 16.6 Å². The van der Waals surface area contributed by atoms with Crippen molar-refractivity contribution in [1.82, 2.24) is 0 Å². The molecule has 5 nitrogen and oxygen atoms in total. The summed E-state index contributed by atoms with van der Waals surface area (Å²) in [6, 6.07) is 22.1. The standard InChI is InChI=1S/C24H20ClN3O2/c1-16-6-8-17(9-7-16)21-14-24(30)28(22-5-3-2-4-20(22)27-21)15-23(29)26-19-12-10-18(25)11-13-19/h2-13H,14-15H2,1H3,(H,26,29). The Morgan fingerprint density at radius 3 is 2.47 bits per heavy atom. The van der Waals surface area contributed by atoms with Gasteiger partial charge in [-0.05, 0) is 48.9 Å². The fourth-order valence-electron chi connectivity index (χ4n) is 3.31. The summed E-state index contributed by atoms with van der Waals surface area (Å²) in [7, 11) is 0. The molecule has 1 heterocycles. The number of nitrogens with one attached hydrogen (secondary N) is 1.